The molecule has 4 nitrogen and oxygen atoms in total. The van der Waals surface area contributed by atoms with Crippen molar-refractivity contribution >= 4 is 6.29 Å². The van der Waals surface area contributed by atoms with Gasteiger partial charge in [0, 0.05) is 24.8 Å². The van der Waals surface area contributed by atoms with Crippen LogP contribution in [0.4, 0.5) is 0 Å². The Kier molecular flexibility index (Phi) is 2.50. The number of aryl methyl sites for hydroxylation is 1. The summed E-state index contributed by atoms with van der Waals surface area (Å²) in [6, 6.07) is 0. The number of carbonyl (C=O) groups is 1. The van der Waals surface area contributed by atoms with E-state index in [2.05, 4.69) is 14.8 Å². The molecule has 2 heterocycles. The molecule has 0 radical (unpaired) electrons. The first-order chi connectivity index (χ1) is 7.88. The summed E-state index contributed by atoms with van der Waals surface area (Å²) in [6.07, 6.45) is 8.03. The van der Waals surface area contributed by atoms with E-state index in [1.165, 1.54) is 25.7 Å². The molecule has 0 saturated heterocycles. The van der Waals surface area contributed by atoms with Crippen LogP contribution in [0.25, 0.3) is 0 Å². The van der Waals surface area contributed by atoms with E-state index in [0.29, 0.717) is 5.92 Å². The average molecular weight is 219 g/mol. The Hall–Kier alpha value is -1.19. The van der Waals surface area contributed by atoms with E-state index in [1.807, 2.05) is 0 Å². The largest absolute Gasteiger partial charge is 0.314 e. The van der Waals surface area contributed by atoms with Crippen molar-refractivity contribution in [3.05, 3.63) is 11.6 Å². The molecule has 0 aromatic carbocycles. The van der Waals surface area contributed by atoms with E-state index >= 15 is 0 Å². The van der Waals surface area contributed by atoms with E-state index in [9.17, 15) is 4.79 Å². The predicted octanol–water partition coefficient (Wildman–Crippen LogP) is 1.70. The lowest BCUT2D eigenvalue weighted by atomic mass is 10.00. The maximum atomic E-state index is 10.9. The summed E-state index contributed by atoms with van der Waals surface area (Å²) in [4.78, 5) is 10.9. The zero-order chi connectivity index (χ0) is 11.0. The summed E-state index contributed by atoms with van der Waals surface area (Å²) in [5.41, 5.74) is 0. The molecule has 0 amide bonds. The van der Waals surface area contributed by atoms with Gasteiger partial charge in [0.05, 0.1) is 0 Å². The number of hydrogen-bond donors (Lipinski definition) is 0. The first-order valence-electron chi connectivity index (χ1n) is 6.25. The average Bonchev–Trinajstić information content (AvgIpc) is 2.96. The molecule has 86 valence electrons. The number of nitrogens with zero attached hydrogens (tertiary/aromatic N) is 3. The summed E-state index contributed by atoms with van der Waals surface area (Å²) < 4.78 is 2.21. The third kappa shape index (κ3) is 1.56. The van der Waals surface area contributed by atoms with Gasteiger partial charge in [-0.05, 0) is 19.3 Å². The summed E-state index contributed by atoms with van der Waals surface area (Å²) in [5, 5.41) is 8.61. The minimum atomic E-state index is 0.170. The molecule has 2 aliphatic rings. The number of fused-ring (bicyclic) bond motifs is 1. The summed E-state index contributed by atoms with van der Waals surface area (Å²) in [5.74, 6) is 2.98. The molecule has 0 bridgehead atoms. The fourth-order valence-corrected chi connectivity index (χ4v) is 2.97. The third-order valence-corrected chi connectivity index (χ3v) is 3.92. The number of hydrogen-bond acceptors (Lipinski definition) is 3. The molecule has 1 aliphatic carbocycles. The van der Waals surface area contributed by atoms with E-state index in [0.717, 1.165) is 37.3 Å². The number of aromatic nitrogens is 3. The van der Waals surface area contributed by atoms with Crippen molar-refractivity contribution in [3.63, 3.8) is 0 Å². The van der Waals surface area contributed by atoms with Gasteiger partial charge in [-0.25, -0.2) is 0 Å². The van der Waals surface area contributed by atoms with Crippen molar-refractivity contribution in [2.45, 2.75) is 51.0 Å². The van der Waals surface area contributed by atoms with Crippen LogP contribution in [0.3, 0.4) is 0 Å². The second-order valence-electron chi connectivity index (χ2n) is 5.00. The molecule has 1 aromatic rings. The van der Waals surface area contributed by atoms with Gasteiger partial charge < -0.3 is 9.36 Å². The van der Waals surface area contributed by atoms with Crippen LogP contribution in [0.2, 0.25) is 0 Å². The van der Waals surface area contributed by atoms with Gasteiger partial charge in [-0.3, -0.25) is 0 Å². The first kappa shape index (κ1) is 10.00. The molecule has 4 heteroatoms. The molecule has 3 rings (SSSR count). The summed E-state index contributed by atoms with van der Waals surface area (Å²) in [6.45, 7) is 0.803. The molecule has 16 heavy (non-hydrogen) atoms. The van der Waals surface area contributed by atoms with Gasteiger partial charge >= 0.3 is 0 Å². The van der Waals surface area contributed by atoms with Crippen LogP contribution in [0.5, 0.6) is 0 Å². The van der Waals surface area contributed by atoms with Crippen molar-refractivity contribution in [2.75, 3.05) is 0 Å². The molecule has 1 atom stereocenters. The highest BCUT2D eigenvalue weighted by Crippen LogP contribution is 2.34. The fourth-order valence-electron chi connectivity index (χ4n) is 2.97. The molecule has 1 fully saturated rings. The van der Waals surface area contributed by atoms with Gasteiger partial charge in [-0.15, -0.1) is 10.2 Å². The number of aldehydes is 1. The van der Waals surface area contributed by atoms with Gasteiger partial charge in [0.1, 0.15) is 17.9 Å². The van der Waals surface area contributed by atoms with Gasteiger partial charge in [0.15, 0.2) is 0 Å². The Morgan fingerprint density at radius 2 is 2.00 bits per heavy atom. The van der Waals surface area contributed by atoms with E-state index in [1.54, 1.807) is 0 Å². The monoisotopic (exact) mass is 219 g/mol. The van der Waals surface area contributed by atoms with E-state index in [4.69, 9.17) is 0 Å². The molecule has 1 saturated carbocycles. The lowest BCUT2D eigenvalue weighted by Crippen LogP contribution is -2.23. The van der Waals surface area contributed by atoms with Crippen molar-refractivity contribution in [1.29, 1.82) is 0 Å². The van der Waals surface area contributed by atoms with Crippen LogP contribution in [-0.2, 0) is 17.8 Å². The van der Waals surface area contributed by atoms with Gasteiger partial charge in [-0.1, -0.05) is 12.8 Å². The van der Waals surface area contributed by atoms with Crippen LogP contribution in [0, 0.1) is 5.92 Å². The Bertz CT molecular complexity index is 393. The second kappa shape index (κ2) is 4.00. The lowest BCUT2D eigenvalue weighted by Gasteiger charge is -2.21. The van der Waals surface area contributed by atoms with Crippen molar-refractivity contribution < 1.29 is 4.79 Å². The zero-order valence-corrected chi connectivity index (χ0v) is 9.43. The quantitative estimate of drug-likeness (QED) is 0.711. The van der Waals surface area contributed by atoms with E-state index < -0.39 is 0 Å². The van der Waals surface area contributed by atoms with Crippen molar-refractivity contribution in [1.82, 2.24) is 14.8 Å². The topological polar surface area (TPSA) is 47.8 Å². The highest BCUT2D eigenvalue weighted by atomic mass is 16.1. The lowest BCUT2D eigenvalue weighted by molar-refractivity contribution is -0.111. The Morgan fingerprint density at radius 3 is 2.75 bits per heavy atom. The molecule has 0 spiro atoms. The second-order valence-corrected chi connectivity index (χ2v) is 5.00. The molecule has 0 N–H and O–H groups in total. The van der Waals surface area contributed by atoms with Crippen LogP contribution >= 0.6 is 0 Å². The van der Waals surface area contributed by atoms with Crippen LogP contribution in [-0.4, -0.2) is 21.1 Å². The summed E-state index contributed by atoms with van der Waals surface area (Å²) in [7, 11) is 0. The minimum Gasteiger partial charge on any atom is -0.314 e. The highest BCUT2D eigenvalue weighted by molar-refractivity contribution is 5.53. The number of rotatable bonds is 2. The number of carbonyl (C=O) groups excluding carboxylic acids is 1. The molecule has 1 aromatic heterocycles. The van der Waals surface area contributed by atoms with Crippen molar-refractivity contribution in [3.8, 4) is 0 Å². The molecule has 1 aliphatic heterocycles. The highest BCUT2D eigenvalue weighted by Gasteiger charge is 2.28. The maximum Gasteiger partial charge on any atom is 0.136 e. The normalized spacial score (nSPS) is 25.6. The minimum absolute atomic E-state index is 0.170. The zero-order valence-electron chi connectivity index (χ0n) is 9.43. The van der Waals surface area contributed by atoms with Crippen molar-refractivity contribution in [2.24, 2.45) is 5.92 Å². The predicted molar refractivity (Wildman–Crippen MR) is 59.1 cm³/mol. The van der Waals surface area contributed by atoms with Crippen LogP contribution < -0.4 is 0 Å². The fraction of sp³-hybridized carbons (Fsp3) is 0.750. The smallest absolute Gasteiger partial charge is 0.136 e. The third-order valence-electron chi connectivity index (χ3n) is 3.92. The standard InChI is InChI=1S/C12H17N3O/c16-8-9-5-6-11-13-14-12(15(11)7-9)10-3-1-2-4-10/h8-10H,1-7H2. The van der Waals surface area contributed by atoms with Gasteiger partial charge in [-0.2, -0.15) is 0 Å². The van der Waals surface area contributed by atoms with Gasteiger partial charge in [0.2, 0.25) is 0 Å². The Morgan fingerprint density at radius 1 is 1.19 bits per heavy atom. The molecule has 1 unspecified atom stereocenters. The molecular formula is C12H17N3O. The maximum absolute atomic E-state index is 10.9. The first-order valence-corrected chi connectivity index (χ1v) is 6.25. The van der Waals surface area contributed by atoms with Crippen LogP contribution in [0.15, 0.2) is 0 Å². The SMILES string of the molecule is O=CC1CCc2nnc(C3CCCC3)n2C1. The molecular weight excluding hydrogens is 202 g/mol. The van der Waals surface area contributed by atoms with Gasteiger partial charge in [0.25, 0.3) is 0 Å². The Labute approximate surface area is 95.1 Å². The Balaban J connectivity index is 1.90. The van der Waals surface area contributed by atoms with Crippen LogP contribution in [0.1, 0.15) is 49.7 Å². The summed E-state index contributed by atoms with van der Waals surface area (Å²) >= 11 is 0. The van der Waals surface area contributed by atoms with E-state index in [-0.39, 0.29) is 5.92 Å².